The van der Waals surface area contributed by atoms with E-state index in [1.807, 2.05) is 6.07 Å². The van der Waals surface area contributed by atoms with Crippen LogP contribution in [0.4, 0.5) is 0 Å². The van der Waals surface area contributed by atoms with E-state index in [2.05, 4.69) is 30.0 Å². The Bertz CT molecular complexity index is 472. The summed E-state index contributed by atoms with van der Waals surface area (Å²) in [6, 6.07) is 9.47. The first-order valence-corrected chi connectivity index (χ1v) is 8.31. The molecule has 1 aliphatic heterocycles. The molecule has 3 unspecified atom stereocenters. The van der Waals surface area contributed by atoms with Gasteiger partial charge in [0.05, 0.1) is 7.11 Å². The zero-order valence-corrected chi connectivity index (χ0v) is 13.3. The molecule has 0 spiro atoms. The van der Waals surface area contributed by atoms with E-state index in [4.69, 9.17) is 10.5 Å². The molecule has 1 saturated carbocycles. The molecule has 2 N–H and O–H groups in total. The Morgan fingerprint density at radius 1 is 1.29 bits per heavy atom. The number of rotatable bonds is 4. The normalized spacial score (nSPS) is 28.9. The molecule has 3 rings (SSSR count). The van der Waals surface area contributed by atoms with Crippen molar-refractivity contribution >= 4 is 0 Å². The lowest BCUT2D eigenvalue weighted by molar-refractivity contribution is 0.0738. The maximum absolute atomic E-state index is 6.35. The maximum Gasteiger partial charge on any atom is 0.119 e. The second-order valence-electron chi connectivity index (χ2n) is 6.85. The molecule has 3 nitrogen and oxygen atoms in total. The molecule has 1 aromatic carbocycles. The molecule has 1 aromatic rings. The fourth-order valence-electron chi connectivity index (χ4n) is 3.86. The molecule has 3 atom stereocenters. The van der Waals surface area contributed by atoms with Crippen molar-refractivity contribution in [1.82, 2.24) is 4.90 Å². The summed E-state index contributed by atoms with van der Waals surface area (Å²) in [5, 5.41) is 0. The van der Waals surface area contributed by atoms with Crippen LogP contribution in [-0.4, -0.2) is 37.2 Å². The summed E-state index contributed by atoms with van der Waals surface area (Å²) >= 11 is 0. The van der Waals surface area contributed by atoms with Crippen molar-refractivity contribution in [3.63, 3.8) is 0 Å². The third-order valence-electron chi connectivity index (χ3n) is 5.48. The Morgan fingerprint density at radius 2 is 2.10 bits per heavy atom. The number of likely N-dealkylation sites (tertiary alicyclic amines) is 1. The van der Waals surface area contributed by atoms with E-state index in [1.165, 1.54) is 24.8 Å². The third-order valence-corrected chi connectivity index (χ3v) is 5.48. The predicted molar refractivity (Wildman–Crippen MR) is 86.7 cm³/mol. The van der Waals surface area contributed by atoms with Gasteiger partial charge < -0.3 is 10.5 Å². The van der Waals surface area contributed by atoms with Gasteiger partial charge in [0.15, 0.2) is 0 Å². The molecule has 3 heteroatoms. The second-order valence-corrected chi connectivity index (χ2v) is 6.85. The van der Waals surface area contributed by atoms with Crippen molar-refractivity contribution in [2.45, 2.75) is 50.6 Å². The van der Waals surface area contributed by atoms with Crippen molar-refractivity contribution in [2.24, 2.45) is 11.7 Å². The minimum absolute atomic E-state index is 0.289. The molecule has 1 aliphatic carbocycles. The summed E-state index contributed by atoms with van der Waals surface area (Å²) in [5.41, 5.74) is 7.72. The first kappa shape index (κ1) is 14.9. The van der Waals surface area contributed by atoms with Crippen LogP contribution in [0.5, 0.6) is 5.75 Å². The van der Waals surface area contributed by atoms with E-state index >= 15 is 0 Å². The van der Waals surface area contributed by atoms with E-state index < -0.39 is 0 Å². The Labute approximate surface area is 128 Å². The molecule has 0 radical (unpaired) electrons. The zero-order valence-electron chi connectivity index (χ0n) is 13.3. The lowest BCUT2D eigenvalue weighted by Crippen LogP contribution is -2.52. The highest BCUT2D eigenvalue weighted by Crippen LogP contribution is 2.35. The average molecular weight is 288 g/mol. The molecule has 2 fully saturated rings. The number of methoxy groups -OCH3 is 1. The SMILES string of the molecule is COc1cccc(C2CC(N)CN(C(C)C3CCC3)C2)c1. The van der Waals surface area contributed by atoms with E-state index in [9.17, 15) is 0 Å². The van der Waals surface area contributed by atoms with Crippen molar-refractivity contribution in [1.29, 1.82) is 0 Å². The standard InChI is InChI=1S/C18H28N2O/c1-13(14-5-3-6-14)20-11-16(9-17(19)12-20)15-7-4-8-18(10-15)21-2/h4,7-8,10,13-14,16-17H,3,5-6,9,11-12,19H2,1-2H3. The van der Waals surface area contributed by atoms with Gasteiger partial charge in [-0.3, -0.25) is 4.90 Å². The number of ether oxygens (including phenoxy) is 1. The van der Waals surface area contributed by atoms with Gasteiger partial charge in [-0.15, -0.1) is 0 Å². The summed E-state index contributed by atoms with van der Waals surface area (Å²) in [4.78, 5) is 2.63. The molecular formula is C18H28N2O. The largest absolute Gasteiger partial charge is 0.497 e. The van der Waals surface area contributed by atoms with Crippen LogP contribution in [0.25, 0.3) is 0 Å². The van der Waals surface area contributed by atoms with Crippen LogP contribution in [0, 0.1) is 5.92 Å². The van der Waals surface area contributed by atoms with Crippen LogP contribution in [-0.2, 0) is 0 Å². The Balaban J connectivity index is 1.72. The van der Waals surface area contributed by atoms with E-state index in [-0.39, 0.29) is 6.04 Å². The lowest BCUT2D eigenvalue weighted by atomic mass is 9.78. The van der Waals surface area contributed by atoms with Gasteiger partial charge in [-0.25, -0.2) is 0 Å². The van der Waals surface area contributed by atoms with Gasteiger partial charge >= 0.3 is 0 Å². The highest BCUT2D eigenvalue weighted by atomic mass is 16.5. The van der Waals surface area contributed by atoms with Crippen molar-refractivity contribution in [2.75, 3.05) is 20.2 Å². The van der Waals surface area contributed by atoms with E-state index in [0.29, 0.717) is 12.0 Å². The van der Waals surface area contributed by atoms with Crippen LogP contribution >= 0.6 is 0 Å². The Morgan fingerprint density at radius 3 is 2.76 bits per heavy atom. The van der Waals surface area contributed by atoms with Gasteiger partial charge in [-0.05, 0) is 55.7 Å². The van der Waals surface area contributed by atoms with Gasteiger partial charge in [0.2, 0.25) is 0 Å². The molecule has 2 aliphatic rings. The summed E-state index contributed by atoms with van der Waals surface area (Å²) in [5.74, 6) is 2.37. The monoisotopic (exact) mass is 288 g/mol. The average Bonchev–Trinajstić information content (AvgIpc) is 2.45. The molecule has 116 valence electrons. The number of nitrogens with zero attached hydrogens (tertiary/aromatic N) is 1. The highest BCUT2D eigenvalue weighted by Gasteiger charge is 2.34. The van der Waals surface area contributed by atoms with E-state index in [1.54, 1.807) is 7.11 Å². The van der Waals surface area contributed by atoms with Gasteiger partial charge in [0.1, 0.15) is 5.75 Å². The molecule has 1 heterocycles. The van der Waals surface area contributed by atoms with Crippen LogP contribution in [0.2, 0.25) is 0 Å². The smallest absolute Gasteiger partial charge is 0.119 e. The van der Waals surface area contributed by atoms with Gasteiger partial charge in [-0.2, -0.15) is 0 Å². The molecule has 0 aromatic heterocycles. The number of nitrogens with two attached hydrogens (primary N) is 1. The van der Waals surface area contributed by atoms with Crippen LogP contribution in [0.1, 0.15) is 44.1 Å². The topological polar surface area (TPSA) is 38.5 Å². The fourth-order valence-corrected chi connectivity index (χ4v) is 3.86. The summed E-state index contributed by atoms with van der Waals surface area (Å²) < 4.78 is 5.37. The third kappa shape index (κ3) is 3.24. The van der Waals surface area contributed by atoms with Crippen molar-refractivity contribution in [3.05, 3.63) is 29.8 Å². The van der Waals surface area contributed by atoms with E-state index in [0.717, 1.165) is 31.2 Å². The van der Waals surface area contributed by atoms with Crippen LogP contribution in [0.15, 0.2) is 24.3 Å². The Kier molecular flexibility index (Phi) is 4.51. The highest BCUT2D eigenvalue weighted by molar-refractivity contribution is 5.31. The molecule has 0 bridgehead atoms. The van der Waals surface area contributed by atoms with Crippen molar-refractivity contribution in [3.8, 4) is 5.75 Å². The number of hydrogen-bond donors (Lipinski definition) is 1. The minimum Gasteiger partial charge on any atom is -0.497 e. The fraction of sp³-hybridized carbons (Fsp3) is 0.667. The minimum atomic E-state index is 0.289. The Hall–Kier alpha value is -1.06. The number of piperidine rings is 1. The predicted octanol–water partition coefficient (Wildman–Crippen LogP) is 3.00. The number of benzene rings is 1. The van der Waals surface area contributed by atoms with Gasteiger partial charge in [-0.1, -0.05) is 18.6 Å². The van der Waals surface area contributed by atoms with Crippen molar-refractivity contribution < 1.29 is 4.74 Å². The molecule has 21 heavy (non-hydrogen) atoms. The molecular weight excluding hydrogens is 260 g/mol. The molecule has 0 amide bonds. The van der Waals surface area contributed by atoms with Crippen LogP contribution in [0.3, 0.4) is 0 Å². The summed E-state index contributed by atoms with van der Waals surface area (Å²) in [6.45, 7) is 4.58. The summed E-state index contributed by atoms with van der Waals surface area (Å²) in [7, 11) is 1.73. The maximum atomic E-state index is 6.35. The number of hydrogen-bond acceptors (Lipinski definition) is 3. The van der Waals surface area contributed by atoms with Gasteiger partial charge in [0, 0.05) is 25.2 Å². The first-order valence-electron chi connectivity index (χ1n) is 8.31. The molecule has 1 saturated heterocycles. The second kappa shape index (κ2) is 6.37. The zero-order chi connectivity index (χ0) is 14.8. The lowest BCUT2D eigenvalue weighted by Gasteiger charge is -2.45. The first-order chi connectivity index (χ1) is 10.2. The quantitative estimate of drug-likeness (QED) is 0.925. The summed E-state index contributed by atoms with van der Waals surface area (Å²) in [6.07, 6.45) is 5.29. The van der Waals surface area contributed by atoms with Crippen LogP contribution < -0.4 is 10.5 Å². The van der Waals surface area contributed by atoms with Gasteiger partial charge in [0.25, 0.3) is 0 Å².